The van der Waals surface area contributed by atoms with Gasteiger partial charge < -0.3 is 35.1 Å². The molecular formula is C41H39N5O7. The molecule has 2 aliphatic heterocycles. The van der Waals surface area contributed by atoms with Gasteiger partial charge in [0, 0.05) is 35.6 Å². The van der Waals surface area contributed by atoms with E-state index in [1.54, 1.807) is 109 Å². The predicted molar refractivity (Wildman–Crippen MR) is 197 cm³/mol. The van der Waals surface area contributed by atoms with Crippen molar-refractivity contribution in [3.63, 3.8) is 0 Å². The number of rotatable bonds is 10. The Morgan fingerprint density at radius 2 is 1.06 bits per heavy atom. The highest BCUT2D eigenvalue weighted by Crippen LogP contribution is 2.30. The number of aromatic nitrogens is 1. The molecule has 4 aromatic carbocycles. The lowest BCUT2D eigenvalue weighted by Gasteiger charge is -2.26. The van der Waals surface area contributed by atoms with E-state index in [2.05, 4.69) is 15.6 Å². The van der Waals surface area contributed by atoms with Crippen LogP contribution in [0.4, 0.5) is 11.4 Å². The van der Waals surface area contributed by atoms with Gasteiger partial charge in [-0.25, -0.2) is 4.98 Å². The monoisotopic (exact) mass is 713 g/mol. The van der Waals surface area contributed by atoms with Crippen molar-refractivity contribution >= 4 is 35.0 Å². The Morgan fingerprint density at radius 3 is 1.51 bits per heavy atom. The highest BCUT2D eigenvalue weighted by Gasteiger charge is 2.38. The third-order valence-electron chi connectivity index (χ3n) is 9.72. The van der Waals surface area contributed by atoms with Gasteiger partial charge in [-0.15, -0.1) is 0 Å². The van der Waals surface area contributed by atoms with Gasteiger partial charge in [0.1, 0.15) is 12.1 Å². The number of carbonyl (C=O) groups excluding carboxylic acids is 4. The number of amides is 4. The maximum atomic E-state index is 13.2. The molecule has 270 valence electrons. The van der Waals surface area contributed by atoms with E-state index in [0.717, 1.165) is 5.56 Å². The molecule has 0 spiro atoms. The Labute approximate surface area is 306 Å². The van der Waals surface area contributed by atoms with E-state index in [4.69, 9.17) is 4.42 Å². The van der Waals surface area contributed by atoms with Crippen molar-refractivity contribution in [2.75, 3.05) is 23.7 Å². The fraction of sp³-hybridized carbons (Fsp3) is 0.244. The number of aliphatic hydroxyl groups excluding tert-OH is 2. The first-order valence-electron chi connectivity index (χ1n) is 17.6. The van der Waals surface area contributed by atoms with Crippen LogP contribution < -0.4 is 10.6 Å². The number of aliphatic hydroxyl groups is 2. The number of nitrogens with zero attached hydrogens (tertiary/aromatic N) is 3. The average Bonchev–Trinajstić information content (AvgIpc) is 4.00. The van der Waals surface area contributed by atoms with E-state index in [1.165, 1.54) is 9.80 Å². The van der Waals surface area contributed by atoms with Crippen LogP contribution in [0.25, 0.3) is 22.8 Å². The summed E-state index contributed by atoms with van der Waals surface area (Å²) in [5.74, 6) is -0.732. The molecule has 0 radical (unpaired) electrons. The number of oxazole rings is 1. The van der Waals surface area contributed by atoms with Crippen molar-refractivity contribution < 1.29 is 33.8 Å². The molecule has 5 aromatic rings. The van der Waals surface area contributed by atoms with Gasteiger partial charge in [-0.3, -0.25) is 19.2 Å². The molecule has 4 N–H and O–H groups in total. The summed E-state index contributed by atoms with van der Waals surface area (Å²) >= 11 is 0. The first-order valence-corrected chi connectivity index (χ1v) is 17.6. The first kappa shape index (κ1) is 35.3. The minimum Gasteiger partial charge on any atom is -0.436 e. The lowest BCUT2D eigenvalue weighted by Crippen LogP contribution is -2.45. The van der Waals surface area contributed by atoms with Crippen LogP contribution in [0.2, 0.25) is 0 Å². The van der Waals surface area contributed by atoms with E-state index >= 15 is 0 Å². The van der Waals surface area contributed by atoms with Crippen LogP contribution in [0, 0.1) is 0 Å². The average molecular weight is 714 g/mol. The summed E-state index contributed by atoms with van der Waals surface area (Å²) in [6, 6.07) is 30.1. The molecule has 2 saturated heterocycles. The van der Waals surface area contributed by atoms with Gasteiger partial charge in [0.05, 0.1) is 6.20 Å². The molecule has 3 heterocycles. The molecule has 0 aliphatic carbocycles. The zero-order valence-corrected chi connectivity index (χ0v) is 28.8. The summed E-state index contributed by atoms with van der Waals surface area (Å²) in [7, 11) is 0. The molecule has 53 heavy (non-hydrogen) atoms. The van der Waals surface area contributed by atoms with Crippen LogP contribution in [0.15, 0.2) is 120 Å². The van der Waals surface area contributed by atoms with E-state index in [0.29, 0.717) is 78.5 Å². The lowest BCUT2D eigenvalue weighted by molar-refractivity contribution is -0.144. The van der Waals surface area contributed by atoms with Crippen LogP contribution in [0.1, 0.15) is 49.0 Å². The normalized spacial score (nSPS) is 18.0. The van der Waals surface area contributed by atoms with Crippen molar-refractivity contribution in [2.24, 2.45) is 0 Å². The Morgan fingerprint density at radius 1 is 0.623 bits per heavy atom. The maximum absolute atomic E-state index is 13.2. The third-order valence-corrected chi connectivity index (χ3v) is 9.72. The minimum absolute atomic E-state index is 0.318. The van der Waals surface area contributed by atoms with Gasteiger partial charge in [-0.05, 0) is 85.3 Å². The van der Waals surface area contributed by atoms with Crippen molar-refractivity contribution in [1.29, 1.82) is 0 Å². The number of likely N-dealkylation sites (tertiary alicyclic amines) is 2. The molecule has 12 heteroatoms. The summed E-state index contributed by atoms with van der Waals surface area (Å²) in [5, 5.41) is 27.0. The van der Waals surface area contributed by atoms with E-state index in [1.807, 2.05) is 6.07 Å². The fourth-order valence-electron chi connectivity index (χ4n) is 6.88. The molecule has 2 aliphatic rings. The molecule has 0 saturated carbocycles. The van der Waals surface area contributed by atoms with Gasteiger partial charge in [-0.1, -0.05) is 60.7 Å². The quantitative estimate of drug-likeness (QED) is 0.151. The summed E-state index contributed by atoms with van der Waals surface area (Å²) in [4.78, 5) is 59.8. The highest BCUT2D eigenvalue weighted by atomic mass is 16.4. The topological polar surface area (TPSA) is 165 Å². The maximum Gasteiger partial charge on any atom is 0.256 e. The molecule has 12 nitrogen and oxygen atoms in total. The minimum atomic E-state index is -1.33. The Hall–Kier alpha value is -6.11. The van der Waals surface area contributed by atoms with Crippen LogP contribution >= 0.6 is 0 Å². The van der Waals surface area contributed by atoms with E-state index in [-0.39, 0.29) is 11.8 Å². The van der Waals surface area contributed by atoms with Gasteiger partial charge in [0.25, 0.3) is 11.8 Å². The number of hydrogen-bond donors (Lipinski definition) is 4. The summed E-state index contributed by atoms with van der Waals surface area (Å²) in [6.45, 7) is 0.792. The molecule has 7 rings (SSSR count). The van der Waals surface area contributed by atoms with Crippen molar-refractivity contribution in [1.82, 2.24) is 14.8 Å². The number of carbonyl (C=O) groups is 4. The van der Waals surface area contributed by atoms with Crippen LogP contribution in [-0.4, -0.2) is 73.8 Å². The van der Waals surface area contributed by atoms with Gasteiger partial charge in [0.2, 0.25) is 17.7 Å². The van der Waals surface area contributed by atoms with Crippen LogP contribution in [-0.2, 0) is 19.2 Å². The predicted octanol–water partition coefficient (Wildman–Crippen LogP) is 5.33. The summed E-state index contributed by atoms with van der Waals surface area (Å²) in [6.07, 6.45) is 1.28. The van der Waals surface area contributed by atoms with Crippen molar-refractivity contribution in [2.45, 2.75) is 50.0 Å². The Bertz CT molecular complexity index is 1920. The molecule has 0 bridgehead atoms. The molecular weight excluding hydrogens is 674 g/mol. The standard InChI is InChI=1S/C41H39N5O7/c47-35(27-9-3-1-4-10-27)40(51)45-23-7-13-32(45)37(49)43-30-19-15-26(16-20-30)34-25-42-39(53-34)29-17-21-31(22-18-29)44-38(50)33-14-8-24-46(33)41(52)36(48)28-11-5-2-6-12-28/h1-6,9-12,15-22,25,32-33,35-36,47-48H,7-8,13-14,23-24H2,(H,43,49)(H,44,50)/t32?,33-,35+,36+/m0/s1. The highest BCUT2D eigenvalue weighted by molar-refractivity contribution is 5.99. The second kappa shape index (κ2) is 15.6. The van der Waals surface area contributed by atoms with Gasteiger partial charge >= 0.3 is 0 Å². The summed E-state index contributed by atoms with van der Waals surface area (Å²) in [5.41, 5.74) is 3.50. The fourth-order valence-corrected chi connectivity index (χ4v) is 6.88. The molecule has 1 aromatic heterocycles. The molecule has 1 unspecified atom stereocenters. The Kier molecular flexibility index (Phi) is 10.4. The number of nitrogens with one attached hydrogen (secondary N) is 2. The van der Waals surface area contributed by atoms with Crippen molar-refractivity contribution in [3.8, 4) is 22.8 Å². The molecule has 2 fully saturated rings. The zero-order valence-electron chi connectivity index (χ0n) is 28.8. The van der Waals surface area contributed by atoms with Crippen molar-refractivity contribution in [3.05, 3.63) is 127 Å². The van der Waals surface area contributed by atoms with Crippen LogP contribution in [0.5, 0.6) is 0 Å². The number of benzene rings is 4. The first-order chi connectivity index (χ1) is 25.8. The second-order valence-electron chi connectivity index (χ2n) is 13.2. The lowest BCUT2D eigenvalue weighted by atomic mass is 10.1. The van der Waals surface area contributed by atoms with E-state index < -0.39 is 36.1 Å². The molecule has 4 amide bonds. The number of anilines is 2. The SMILES string of the molecule is O=C(Nc1ccc(-c2cnc(-c3ccc(NC(=O)[C@@H]4CCCN4C(=O)[C@H](O)c4ccccc4)cc3)o2)cc1)C1CCCN1C(=O)[C@H](O)c1ccccc1. The molecule has 4 atom stereocenters. The van der Waals surface area contributed by atoms with Crippen LogP contribution in [0.3, 0.4) is 0 Å². The Balaban J connectivity index is 0.938. The van der Waals surface area contributed by atoms with E-state index in [9.17, 15) is 29.4 Å². The zero-order chi connectivity index (χ0) is 36.9. The summed E-state index contributed by atoms with van der Waals surface area (Å²) < 4.78 is 6.04. The number of hydrogen-bond acceptors (Lipinski definition) is 8. The van der Waals surface area contributed by atoms with Gasteiger partial charge in [0.15, 0.2) is 18.0 Å². The smallest absolute Gasteiger partial charge is 0.256 e. The largest absolute Gasteiger partial charge is 0.436 e. The van der Waals surface area contributed by atoms with Gasteiger partial charge in [-0.2, -0.15) is 0 Å². The second-order valence-corrected chi connectivity index (χ2v) is 13.2. The third kappa shape index (κ3) is 7.74.